The highest BCUT2D eigenvalue weighted by atomic mass is 32.1. The molecule has 2 aliphatic rings. The molecule has 0 spiro atoms. The minimum Gasteiger partial charge on any atom is -0.464 e. The molecule has 0 aliphatic carbocycles. The zero-order chi connectivity index (χ0) is 34.9. The Bertz CT molecular complexity index is 1820. The number of carbonyl (C=O) groups is 2. The smallest absolute Gasteiger partial charge is 0.324 e. The number of fused-ring (bicyclic) bond motifs is 6. The van der Waals surface area contributed by atoms with Crippen LogP contribution in [0.4, 0.5) is 0 Å². The second kappa shape index (κ2) is 14.7. The monoisotopic (exact) mass is 688 g/mol. The number of aromatic nitrogens is 3. The van der Waals surface area contributed by atoms with Gasteiger partial charge in [-0.15, -0.1) is 11.3 Å². The number of pyridine rings is 1. The van der Waals surface area contributed by atoms with Crippen molar-refractivity contribution in [3.63, 3.8) is 0 Å². The summed E-state index contributed by atoms with van der Waals surface area (Å²) in [6.45, 7) is 12.2. The van der Waals surface area contributed by atoms with Crippen molar-refractivity contribution >= 4 is 34.1 Å². The van der Waals surface area contributed by atoms with Crippen molar-refractivity contribution in [2.75, 3.05) is 26.9 Å². The first kappa shape index (κ1) is 35.2. The summed E-state index contributed by atoms with van der Waals surface area (Å²) >= 11 is 1.44. The molecule has 3 N–H and O–H groups in total. The Hall–Kier alpha value is -3.68. The number of esters is 1. The predicted octanol–water partition coefficient (Wildman–Crippen LogP) is 5.97. The molecule has 4 atom stereocenters. The largest absolute Gasteiger partial charge is 0.464 e. The average Bonchev–Trinajstić information content (AvgIpc) is 3.72. The number of rotatable bonds is 7. The van der Waals surface area contributed by atoms with Crippen LogP contribution in [0.25, 0.3) is 33.4 Å². The molecule has 1 aromatic carbocycles. The van der Waals surface area contributed by atoms with E-state index in [0.29, 0.717) is 37.4 Å². The molecule has 3 aromatic heterocycles. The van der Waals surface area contributed by atoms with Crippen molar-refractivity contribution in [2.45, 2.75) is 91.1 Å². The molecule has 11 nitrogen and oxygen atoms in total. The van der Waals surface area contributed by atoms with Crippen LogP contribution in [0.15, 0.2) is 41.9 Å². The van der Waals surface area contributed by atoms with Gasteiger partial charge in [0.2, 0.25) is 0 Å². The Morgan fingerprint density at radius 1 is 1.22 bits per heavy atom. The molecule has 4 aromatic rings. The van der Waals surface area contributed by atoms with Crippen molar-refractivity contribution in [2.24, 2.45) is 11.1 Å². The molecule has 262 valence electrons. The molecule has 1 fully saturated rings. The molecule has 1 amide bonds. The maximum atomic E-state index is 13.7. The standard InChI is InChI=1S/C37H48N6O5S/c1-7-17-47-33-30(38)35(44)43-16-10-12-27(41-43)36(45)48-21-37(4,5)19-26-25-18-23(28-20-49-34(33)40-28)13-14-29(25)42(8-2)32(26)24-11-9-15-39-31(24)22(3)46-6/h9,11,13-15,18,20,22,27,30,33,41H,7-8,10,12,16-17,19,21,38H2,1-6H3/t22-,27-,30-,33-/m0/s1. The summed E-state index contributed by atoms with van der Waals surface area (Å²) in [4.78, 5) is 37.0. The van der Waals surface area contributed by atoms with Crippen molar-refractivity contribution in [1.82, 2.24) is 25.0 Å². The van der Waals surface area contributed by atoms with Crippen molar-refractivity contribution in [1.29, 1.82) is 0 Å². The maximum Gasteiger partial charge on any atom is 0.324 e. The van der Waals surface area contributed by atoms with Crippen molar-refractivity contribution in [3.05, 3.63) is 58.2 Å². The number of carbonyl (C=O) groups excluding carboxylic acids is 2. The molecular formula is C37H48N6O5S. The van der Waals surface area contributed by atoms with Crippen LogP contribution in [0, 0.1) is 5.41 Å². The number of cyclic esters (lactones) is 1. The summed E-state index contributed by atoms with van der Waals surface area (Å²) < 4.78 is 20.3. The van der Waals surface area contributed by atoms with Gasteiger partial charge in [-0.1, -0.05) is 26.8 Å². The number of hydrogen-bond acceptors (Lipinski definition) is 10. The van der Waals surface area contributed by atoms with Gasteiger partial charge in [-0.05, 0) is 69.4 Å². The molecule has 0 unspecified atom stereocenters. The first-order valence-electron chi connectivity index (χ1n) is 17.3. The van der Waals surface area contributed by atoms with Crippen LogP contribution in [0.1, 0.15) is 82.4 Å². The lowest BCUT2D eigenvalue weighted by atomic mass is 9.84. The van der Waals surface area contributed by atoms with E-state index in [1.807, 2.05) is 25.3 Å². The Morgan fingerprint density at radius 3 is 2.80 bits per heavy atom. The Balaban J connectivity index is 1.55. The van der Waals surface area contributed by atoms with E-state index in [4.69, 9.17) is 29.9 Å². The lowest BCUT2D eigenvalue weighted by Crippen LogP contribution is -2.60. The van der Waals surface area contributed by atoms with Crippen LogP contribution in [0.3, 0.4) is 0 Å². The first-order chi connectivity index (χ1) is 23.6. The average molecular weight is 689 g/mol. The van der Waals surface area contributed by atoms with Crippen LogP contribution in [-0.4, -0.2) is 70.4 Å². The quantitative estimate of drug-likeness (QED) is 0.225. The van der Waals surface area contributed by atoms with E-state index in [1.165, 1.54) is 16.3 Å². The Kier molecular flexibility index (Phi) is 10.5. The third kappa shape index (κ3) is 7.02. The van der Waals surface area contributed by atoms with Crippen LogP contribution < -0.4 is 11.2 Å². The van der Waals surface area contributed by atoms with E-state index >= 15 is 0 Å². The fourth-order valence-electron chi connectivity index (χ4n) is 6.90. The second-order valence-corrected chi connectivity index (χ2v) is 14.7. The molecule has 6 bridgehead atoms. The fraction of sp³-hybridized carbons (Fsp3) is 0.514. The lowest BCUT2D eigenvalue weighted by Gasteiger charge is -2.36. The van der Waals surface area contributed by atoms with Gasteiger partial charge >= 0.3 is 5.97 Å². The maximum absolute atomic E-state index is 13.7. The number of amides is 1. The number of nitrogens with one attached hydrogen (secondary N) is 1. The first-order valence-corrected chi connectivity index (χ1v) is 18.1. The van der Waals surface area contributed by atoms with E-state index in [1.54, 1.807) is 13.3 Å². The molecule has 2 aliphatic heterocycles. The number of nitrogens with two attached hydrogens (primary N) is 1. The molecule has 1 saturated heterocycles. The highest BCUT2D eigenvalue weighted by Crippen LogP contribution is 2.42. The van der Waals surface area contributed by atoms with Crippen LogP contribution in [0.2, 0.25) is 0 Å². The highest BCUT2D eigenvalue weighted by Gasteiger charge is 2.37. The third-order valence-corrected chi connectivity index (χ3v) is 10.4. The van der Waals surface area contributed by atoms with Gasteiger partial charge < -0.3 is 24.5 Å². The van der Waals surface area contributed by atoms with Crippen LogP contribution in [0.5, 0.6) is 0 Å². The summed E-state index contributed by atoms with van der Waals surface area (Å²) in [5.74, 6) is -0.723. The second-order valence-electron chi connectivity index (χ2n) is 13.8. The van der Waals surface area contributed by atoms with Gasteiger partial charge in [-0.3, -0.25) is 19.6 Å². The number of hydrogen-bond donors (Lipinski definition) is 2. The molecule has 5 heterocycles. The van der Waals surface area contributed by atoms with Crippen molar-refractivity contribution < 1.29 is 23.8 Å². The van der Waals surface area contributed by atoms with Gasteiger partial charge in [-0.25, -0.2) is 10.4 Å². The fourth-order valence-corrected chi connectivity index (χ4v) is 7.82. The number of thiazole rings is 1. The Morgan fingerprint density at radius 2 is 2.04 bits per heavy atom. The molecular weight excluding hydrogens is 641 g/mol. The summed E-state index contributed by atoms with van der Waals surface area (Å²) in [6, 6.07) is 8.86. The summed E-state index contributed by atoms with van der Waals surface area (Å²) in [5, 5.41) is 5.20. The van der Waals surface area contributed by atoms with Crippen LogP contribution in [-0.2, 0) is 36.8 Å². The minimum atomic E-state index is -1.01. The van der Waals surface area contributed by atoms with E-state index in [-0.39, 0.29) is 24.6 Å². The third-order valence-electron chi connectivity index (χ3n) is 9.49. The number of hydrazine groups is 1. The van der Waals surface area contributed by atoms with E-state index in [0.717, 1.165) is 57.6 Å². The number of ether oxygens (including phenoxy) is 3. The van der Waals surface area contributed by atoms with E-state index in [9.17, 15) is 9.59 Å². The lowest BCUT2D eigenvalue weighted by molar-refractivity contribution is -0.155. The molecule has 12 heteroatoms. The topological polar surface area (TPSA) is 134 Å². The highest BCUT2D eigenvalue weighted by molar-refractivity contribution is 7.10. The molecule has 49 heavy (non-hydrogen) atoms. The molecule has 0 radical (unpaired) electrons. The summed E-state index contributed by atoms with van der Waals surface area (Å²) in [5.41, 5.74) is 16.3. The van der Waals surface area contributed by atoms with Crippen LogP contribution >= 0.6 is 11.3 Å². The zero-order valence-electron chi connectivity index (χ0n) is 29.3. The van der Waals surface area contributed by atoms with Gasteiger partial charge in [0.05, 0.1) is 29.8 Å². The Labute approximate surface area is 292 Å². The summed E-state index contributed by atoms with van der Waals surface area (Å²) in [7, 11) is 1.70. The molecule has 0 saturated carbocycles. The SMILES string of the molecule is CCCO[C@@H]1c2nc(cs2)-c2ccc3c(c2)c(c(-c2cccnc2[C@H](C)OC)n3CC)CC(C)(C)COC(=O)[C@@H]2CCCN(N2)C(=O)[C@H]1N. The van der Waals surface area contributed by atoms with Gasteiger partial charge in [0.25, 0.3) is 5.91 Å². The van der Waals surface area contributed by atoms with E-state index < -0.39 is 23.6 Å². The predicted molar refractivity (Wildman–Crippen MR) is 191 cm³/mol. The van der Waals surface area contributed by atoms with Gasteiger partial charge in [-0.2, -0.15) is 0 Å². The minimum absolute atomic E-state index is 0.201. The number of benzene rings is 1. The van der Waals surface area contributed by atoms with Gasteiger partial charge in [0, 0.05) is 65.8 Å². The van der Waals surface area contributed by atoms with Crippen molar-refractivity contribution in [3.8, 4) is 22.5 Å². The summed E-state index contributed by atoms with van der Waals surface area (Å²) in [6.07, 6.45) is 3.45. The van der Waals surface area contributed by atoms with Gasteiger partial charge in [0.15, 0.2) is 0 Å². The number of aryl methyl sites for hydroxylation is 1. The van der Waals surface area contributed by atoms with Gasteiger partial charge in [0.1, 0.15) is 23.2 Å². The normalized spacial score (nSPS) is 22.2. The number of methoxy groups -OCH3 is 1. The number of nitrogens with zero attached hydrogens (tertiary/aromatic N) is 4. The zero-order valence-corrected chi connectivity index (χ0v) is 30.1. The van der Waals surface area contributed by atoms with E-state index in [2.05, 4.69) is 55.0 Å². The molecule has 6 rings (SSSR count).